The van der Waals surface area contributed by atoms with Gasteiger partial charge in [0.15, 0.2) is 11.4 Å². The van der Waals surface area contributed by atoms with Gasteiger partial charge in [0.25, 0.3) is 23.6 Å². The number of likely N-dealkylation sites (tertiary alicyclic amines) is 2. The van der Waals surface area contributed by atoms with E-state index in [-0.39, 0.29) is 39.7 Å². The van der Waals surface area contributed by atoms with E-state index in [1.807, 2.05) is 60.7 Å². The largest absolute Gasteiger partial charge is 0.0622 e. The smallest absolute Gasteiger partial charge is 0.0134 e. The molecule has 2 atom stereocenters. The van der Waals surface area contributed by atoms with E-state index in [0.29, 0.717) is 71.8 Å². The number of aliphatic hydroxyl groups is 2. The minimum absolute atomic E-state index is 0.106. The van der Waals surface area contributed by atoms with Crippen molar-refractivity contribution >= 4 is 135 Å². The van der Waals surface area contributed by atoms with Crippen LogP contribution in [0.4, 0.5) is 0 Å². The second kappa shape index (κ2) is 43.5. The van der Waals surface area contributed by atoms with E-state index in [1.54, 1.807) is 47.7 Å². The number of likely N-dealkylation sites (N-methyl/N-ethyl adjacent to an activating group) is 2. The van der Waals surface area contributed by atoms with Crippen molar-refractivity contribution in [2.45, 2.75) is 24.0 Å². The molecule has 12 aromatic rings. The molecule has 0 spiro atoms. The van der Waals surface area contributed by atoms with Crippen molar-refractivity contribution in [1.29, 1.82) is 0 Å². The predicted molar refractivity (Wildman–Crippen MR) is 470 cm³/mol. The van der Waals surface area contributed by atoms with E-state index in [2.05, 4.69) is 242 Å². The van der Waals surface area contributed by atoms with Gasteiger partial charge in [-0.15, -0.1) is 6.42 Å². The van der Waals surface area contributed by atoms with Crippen LogP contribution in [0.25, 0.3) is 33.2 Å². The minimum Gasteiger partial charge on any atom is -0.0622 e. The number of amides is 4. The Bertz CT molecular complexity index is 5030. The van der Waals surface area contributed by atoms with Gasteiger partial charge in [0, 0.05) is 99.2 Å². The number of morpholine rings is 2. The Morgan fingerprint density at radius 1 is 0.500 bits per heavy atom. The summed E-state index contributed by atoms with van der Waals surface area (Å²) in [6, 6.07) is 90.9. The predicted octanol–water partition coefficient (Wildman–Crippen LogP) is 10.7. The summed E-state index contributed by atoms with van der Waals surface area (Å²) in [5.74, 6) is 7.09. The number of nitrogens with zero attached hydrogens (tertiary/aromatic N) is 8. The molecular weight excluding hydrogens is 1750 g/mol. The van der Waals surface area contributed by atoms with Crippen molar-refractivity contribution in [3.63, 3.8) is 0 Å². The fourth-order valence-corrected chi connectivity index (χ4v) is 18.3. The van der Waals surface area contributed by atoms with E-state index in [0.717, 1.165) is 80.5 Å². The Balaban J connectivity index is 0.000000149. The third-order valence-electron chi connectivity index (χ3n) is 19.2. The monoisotopic (exact) mass is 1830 g/mol. The molecule has 0 saturated carbocycles. The van der Waals surface area contributed by atoms with Crippen LogP contribution in [0.2, 0.25) is 0 Å². The van der Waals surface area contributed by atoms with Gasteiger partial charge in [0.05, 0.1) is 48.8 Å². The van der Waals surface area contributed by atoms with Crippen LogP contribution < -0.4 is 52.8 Å². The first-order valence-electron chi connectivity index (χ1n) is 37.4. The maximum absolute atomic E-state index is 12.2. The molecule has 6 heterocycles. The first-order valence-corrected chi connectivity index (χ1v) is 45.2. The molecule has 116 heavy (non-hydrogen) atoms. The Morgan fingerprint density at radius 2 is 0.845 bits per heavy atom. The number of primary amides is 2. The molecule has 4 aliphatic heterocycles. The number of hydrogen-bond acceptors (Lipinski definition) is 14. The van der Waals surface area contributed by atoms with E-state index >= 15 is 0 Å². The molecule has 26 heteroatoms. The van der Waals surface area contributed by atoms with Crippen molar-refractivity contribution in [2.24, 2.45) is 11.5 Å². The molecule has 0 unspecified atom stereocenters. The number of benzene rings is 10. The van der Waals surface area contributed by atoms with Crippen molar-refractivity contribution in [3.05, 3.63) is 287 Å². The van der Waals surface area contributed by atoms with Crippen LogP contribution in [-0.2, 0) is 35.0 Å². The zero-order valence-corrected chi connectivity index (χ0v) is 71.0. The molecule has 0 radical (unpaired) electrons. The molecule has 600 valence electrons. The number of rotatable bonds is 18. The van der Waals surface area contributed by atoms with Crippen molar-refractivity contribution in [3.8, 4) is 47.1 Å². The van der Waals surface area contributed by atoms with Gasteiger partial charge in [-0.3, -0.25) is 29.0 Å². The van der Waals surface area contributed by atoms with Crippen molar-refractivity contribution in [2.75, 3.05) is 106 Å². The maximum atomic E-state index is 12.2. The fourth-order valence-electron chi connectivity index (χ4n) is 13.2. The summed E-state index contributed by atoms with van der Waals surface area (Å²) in [7, 11) is 12.0. The number of nitrogens with two attached hydrogens (primary N) is 2. The van der Waals surface area contributed by atoms with Gasteiger partial charge in [-0.2, -0.15) is 10.2 Å². The topological polar surface area (TPSA) is 246 Å². The van der Waals surface area contributed by atoms with Crippen molar-refractivity contribution in [1.82, 2.24) is 39.2 Å². The van der Waals surface area contributed by atoms with E-state index < -0.39 is 44.8 Å². The van der Waals surface area contributed by atoms with Gasteiger partial charge in [-0.1, -0.05) is 212 Å². The normalized spacial score (nSPS) is 16.5. The van der Waals surface area contributed by atoms with Crippen LogP contribution >= 0.6 is 57.5 Å². The molecule has 4 saturated heterocycles. The molecule has 16 rings (SSSR count). The second-order valence-corrected chi connectivity index (χ2v) is 35.1. The maximum Gasteiger partial charge on any atom is -0.0134 e. The number of fused-ring (bicyclic) bond motifs is 2. The average Bonchev–Trinajstić information content (AvgIpc) is 1.60. The molecule has 2 aromatic heterocycles. The number of carbonyl (C=O) groups excluding carboxylic acids is 4. The second-order valence-electron chi connectivity index (χ2n) is 27.0. The minimum atomic E-state index is -1.68. The van der Waals surface area contributed by atoms with Crippen molar-refractivity contribution < 1.29 is 64.3 Å². The molecule has 6 N–H and O–H groups in total. The van der Waals surface area contributed by atoms with Crippen LogP contribution in [0, 0.1) is 27.8 Å². The first-order chi connectivity index (χ1) is 56.4. The summed E-state index contributed by atoms with van der Waals surface area (Å²) < 4.78 is 27.0. The molecule has 0 bridgehead atoms. The zero-order chi connectivity index (χ0) is 81.8. The molecule has 10 aromatic carbocycles. The van der Waals surface area contributed by atoms with Gasteiger partial charge < -0.3 is 50.4 Å². The number of terminal acetylenes is 1. The summed E-state index contributed by atoms with van der Waals surface area (Å²) in [5.41, 5.74) is 12.0. The molecule has 0 aliphatic carbocycles. The summed E-state index contributed by atoms with van der Waals surface area (Å²) in [6.07, 6.45) is 5.58. The fraction of sp³-hybridized carbons (Fsp3) is 0.222. The first kappa shape index (κ1) is 87.2. The average molecular weight is 1840 g/mol. The quantitative estimate of drug-likeness (QED) is 0.0270. The molecule has 4 amide bonds. The number of halogens is 3. The van der Waals surface area contributed by atoms with Crippen LogP contribution in [0.15, 0.2) is 267 Å². The third-order valence-corrected chi connectivity index (χ3v) is 24.8. The van der Waals surface area contributed by atoms with Crippen LogP contribution in [0.1, 0.15) is 39.4 Å². The summed E-state index contributed by atoms with van der Waals surface area (Å²) in [6.45, 7) is 10.3. The number of carbonyl (C=O) groups is 4. The van der Waals surface area contributed by atoms with Gasteiger partial charge >= 0.3 is 35.0 Å². The Hall–Kier alpha value is -9.67. The Kier molecular flexibility index (Phi) is 32.7. The van der Waals surface area contributed by atoms with Crippen LogP contribution in [0.3, 0.4) is 0 Å². The van der Waals surface area contributed by atoms with Gasteiger partial charge in [0.2, 0.25) is 11.2 Å². The standard InChI is InChI=1S/C27H29N5O5.C20H21IN4O3.2C18H15P.C7H9NO2.2ClH.Pd/c1-30-10-9-27(35,26(30)34)8-7-19-3-2-4-20(17-19)32-23-6-5-21(18-22(23)24(29-32)25(28)33)37-16-13-31-11-14-36-15-12-31;21-14-2-1-3-15(12-14)25-18-5-4-16(13-17(18)19(23-25)20(22)26)28-11-8-24-6-9-27-10-7-24;2*1-4-10-16(11-5-1)19(17-12-6-2-7-13-17)18-14-8-3-9-15-18;1-3-7(10)4-5-8(2)6(7)9;;;/h2-6,17-18,35H,9-16H2,1H3,(H2,28,33);1-5,12-13H,6-11H2,(H2,22,26);2*1-15H;1,10H,4-5H2,2H3;2*1H;/q;;;;;;;+2/p-2/t27-;;;;7-;;;/m0...0.../s1. The number of ether oxygens (including phenoxy) is 4. The SMILES string of the molecule is C#C[C@]1(O)CCN(C)C1=O.CN1CC[C@@](O)(C#Cc2cccc(-n3nc(C(N)=O)c4cc(OCCN5CCOCC5)ccc43)c2)C1=O.NC(=O)c1nn(-c2cccc(I)c2)c2ccc(OCCN3CCOCC3)cc12.[Cl][Pd][Cl].c1ccc(P(c2ccccc2)c2ccccc2)cc1.c1ccc(P(c2ccccc2)c2ccccc2)cc1. The molecule has 20 nitrogen and oxygen atoms in total. The van der Waals surface area contributed by atoms with Crippen LogP contribution in [-0.4, -0.2) is 190 Å². The van der Waals surface area contributed by atoms with E-state index in [1.165, 1.54) is 41.6 Å². The van der Waals surface area contributed by atoms with Gasteiger partial charge in [-0.25, -0.2) is 9.36 Å². The van der Waals surface area contributed by atoms with Gasteiger partial charge in [-0.05, 0) is 143 Å². The third kappa shape index (κ3) is 23.6. The summed E-state index contributed by atoms with van der Waals surface area (Å²) >= 11 is 2.14. The molecular formula is C90H89Cl2IN10O10P2Pd. The van der Waals surface area contributed by atoms with Crippen LogP contribution in [0.5, 0.6) is 11.5 Å². The number of aromatic nitrogens is 4. The Labute approximate surface area is 708 Å². The summed E-state index contributed by atoms with van der Waals surface area (Å²) in [4.78, 5) is 54.8. The van der Waals surface area contributed by atoms with E-state index in [9.17, 15) is 29.4 Å². The van der Waals surface area contributed by atoms with E-state index in [4.69, 9.17) is 55.9 Å². The summed E-state index contributed by atoms with van der Waals surface area (Å²) in [5, 5.41) is 38.5. The molecule has 4 aliphatic rings. The van der Waals surface area contributed by atoms with Gasteiger partial charge in [0.1, 0.15) is 24.7 Å². The Morgan fingerprint density at radius 3 is 1.16 bits per heavy atom. The number of hydrogen-bond donors (Lipinski definition) is 4. The zero-order valence-electron chi connectivity index (χ0n) is 64.0. The molecule has 4 fully saturated rings.